The van der Waals surface area contributed by atoms with E-state index in [9.17, 15) is 19.5 Å². The molecule has 0 aliphatic carbocycles. The molecule has 0 aliphatic rings. The maximum atomic E-state index is 12.4. The lowest BCUT2D eigenvalue weighted by Gasteiger charge is -2.19. The van der Waals surface area contributed by atoms with Gasteiger partial charge in [-0.1, -0.05) is 53.5 Å². The van der Waals surface area contributed by atoms with Crippen molar-refractivity contribution in [2.45, 2.75) is 25.6 Å². The molecule has 0 aromatic heterocycles. The number of hydrogen-bond acceptors (Lipinski definition) is 6. The van der Waals surface area contributed by atoms with Crippen molar-refractivity contribution in [1.82, 2.24) is 16.1 Å². The van der Waals surface area contributed by atoms with Crippen molar-refractivity contribution in [2.75, 3.05) is 11.9 Å². The highest BCUT2D eigenvalue weighted by Gasteiger charge is 2.25. The minimum absolute atomic E-state index is 0.0973. The molecule has 0 saturated heterocycles. The van der Waals surface area contributed by atoms with E-state index in [4.69, 9.17) is 28.4 Å². The number of halogens is 2. The number of rotatable bonds is 10. The highest BCUT2D eigenvalue weighted by atomic mass is 35.5. The SMILES string of the molecule is C[C@@H](O)[C@H](NC(=O)c1ccc(-c2ccc(NC(=O)CNCc3ccc(Cl)cc3Cl)cc2)cc1)C(=O)NO. The maximum Gasteiger partial charge on any atom is 0.268 e. The zero-order valence-corrected chi connectivity index (χ0v) is 21.3. The molecule has 9 nitrogen and oxygen atoms in total. The van der Waals surface area contributed by atoms with E-state index in [1.807, 2.05) is 12.1 Å². The third-order valence-corrected chi connectivity index (χ3v) is 6.01. The minimum Gasteiger partial charge on any atom is -0.391 e. The van der Waals surface area contributed by atoms with Gasteiger partial charge in [0, 0.05) is 27.8 Å². The summed E-state index contributed by atoms with van der Waals surface area (Å²) in [6, 6.07) is 17.7. The third-order valence-electron chi connectivity index (χ3n) is 5.43. The monoisotopic (exact) mass is 544 g/mol. The van der Waals surface area contributed by atoms with Crippen LogP contribution in [0.5, 0.6) is 0 Å². The maximum absolute atomic E-state index is 12.4. The Morgan fingerprint density at radius 1 is 0.919 bits per heavy atom. The van der Waals surface area contributed by atoms with Gasteiger partial charge in [0.1, 0.15) is 6.04 Å². The van der Waals surface area contributed by atoms with Crippen LogP contribution >= 0.6 is 23.2 Å². The number of aliphatic hydroxyl groups is 1. The molecule has 2 atom stereocenters. The lowest BCUT2D eigenvalue weighted by molar-refractivity contribution is -0.133. The Morgan fingerprint density at radius 2 is 1.54 bits per heavy atom. The molecule has 3 aromatic carbocycles. The Balaban J connectivity index is 1.53. The third kappa shape index (κ3) is 8.01. The van der Waals surface area contributed by atoms with E-state index in [2.05, 4.69) is 16.0 Å². The van der Waals surface area contributed by atoms with E-state index in [1.165, 1.54) is 12.4 Å². The molecule has 3 amide bonds. The highest BCUT2D eigenvalue weighted by Crippen LogP contribution is 2.23. The van der Waals surface area contributed by atoms with Crippen LogP contribution in [0.15, 0.2) is 66.7 Å². The van der Waals surface area contributed by atoms with Gasteiger partial charge in [-0.2, -0.15) is 0 Å². The topological polar surface area (TPSA) is 140 Å². The number of carbonyl (C=O) groups excluding carboxylic acids is 3. The molecule has 0 unspecified atom stereocenters. The Labute approximate surface area is 223 Å². The Morgan fingerprint density at radius 3 is 2.11 bits per heavy atom. The first-order valence-electron chi connectivity index (χ1n) is 11.3. The van der Waals surface area contributed by atoms with Gasteiger partial charge in [-0.25, -0.2) is 5.48 Å². The van der Waals surface area contributed by atoms with Gasteiger partial charge in [-0.05, 0) is 60.0 Å². The highest BCUT2D eigenvalue weighted by molar-refractivity contribution is 6.35. The molecule has 0 bridgehead atoms. The van der Waals surface area contributed by atoms with E-state index in [0.29, 0.717) is 22.3 Å². The normalized spacial score (nSPS) is 12.4. The fourth-order valence-electron chi connectivity index (χ4n) is 3.44. The first kappa shape index (κ1) is 28.1. The van der Waals surface area contributed by atoms with Crippen LogP contribution in [0.1, 0.15) is 22.8 Å². The van der Waals surface area contributed by atoms with Crippen molar-refractivity contribution in [3.05, 3.63) is 87.9 Å². The quantitative estimate of drug-likeness (QED) is 0.171. The van der Waals surface area contributed by atoms with E-state index < -0.39 is 24.0 Å². The second-order valence-electron chi connectivity index (χ2n) is 8.21. The summed E-state index contributed by atoms with van der Waals surface area (Å²) >= 11 is 12.0. The fraction of sp³-hybridized carbons (Fsp3) is 0.192. The largest absolute Gasteiger partial charge is 0.391 e. The molecule has 0 spiro atoms. The zero-order valence-electron chi connectivity index (χ0n) is 19.8. The summed E-state index contributed by atoms with van der Waals surface area (Å²) in [5.41, 5.74) is 4.85. The number of nitrogens with one attached hydrogen (secondary N) is 4. The predicted octanol–water partition coefficient (Wildman–Crippen LogP) is 3.37. The molecule has 11 heteroatoms. The molecule has 0 saturated carbocycles. The summed E-state index contributed by atoms with van der Waals surface area (Å²) in [6.45, 7) is 1.84. The first-order valence-corrected chi connectivity index (χ1v) is 12.0. The van der Waals surface area contributed by atoms with E-state index >= 15 is 0 Å². The van der Waals surface area contributed by atoms with E-state index in [-0.39, 0.29) is 18.0 Å². The average Bonchev–Trinajstić information content (AvgIpc) is 2.88. The summed E-state index contributed by atoms with van der Waals surface area (Å²) in [5, 5.41) is 27.7. The summed E-state index contributed by atoms with van der Waals surface area (Å²) in [6.07, 6.45) is -1.20. The van der Waals surface area contributed by atoms with Crippen molar-refractivity contribution in [2.24, 2.45) is 0 Å². The van der Waals surface area contributed by atoms with Gasteiger partial charge in [0.2, 0.25) is 5.91 Å². The summed E-state index contributed by atoms with van der Waals surface area (Å²) < 4.78 is 0. The van der Waals surface area contributed by atoms with Gasteiger partial charge >= 0.3 is 0 Å². The Kier molecular flexibility index (Phi) is 10.0. The van der Waals surface area contributed by atoms with Crippen LogP contribution in [0.3, 0.4) is 0 Å². The summed E-state index contributed by atoms with van der Waals surface area (Å²) in [5.74, 6) is -1.71. The van der Waals surface area contributed by atoms with Crippen LogP contribution in [-0.4, -0.2) is 46.7 Å². The number of hydrogen-bond donors (Lipinski definition) is 6. The number of amides is 3. The molecule has 37 heavy (non-hydrogen) atoms. The summed E-state index contributed by atoms with van der Waals surface area (Å²) in [4.78, 5) is 36.3. The lowest BCUT2D eigenvalue weighted by Crippen LogP contribution is -2.51. The Bertz CT molecular complexity index is 1250. The average molecular weight is 545 g/mol. The second-order valence-corrected chi connectivity index (χ2v) is 9.05. The number of carbonyl (C=O) groups is 3. The van der Waals surface area contributed by atoms with Crippen molar-refractivity contribution in [1.29, 1.82) is 0 Å². The van der Waals surface area contributed by atoms with Crippen molar-refractivity contribution in [3.8, 4) is 11.1 Å². The molecule has 194 valence electrons. The molecule has 0 radical (unpaired) electrons. The molecule has 0 heterocycles. The predicted molar refractivity (Wildman–Crippen MR) is 142 cm³/mol. The van der Waals surface area contributed by atoms with Crippen LogP contribution < -0.4 is 21.4 Å². The van der Waals surface area contributed by atoms with Crippen LogP contribution in [0.4, 0.5) is 5.69 Å². The van der Waals surface area contributed by atoms with Gasteiger partial charge in [-0.3, -0.25) is 19.6 Å². The molecule has 6 N–H and O–H groups in total. The number of anilines is 1. The lowest BCUT2D eigenvalue weighted by atomic mass is 10.0. The van der Waals surface area contributed by atoms with E-state index in [1.54, 1.807) is 54.6 Å². The van der Waals surface area contributed by atoms with Gasteiger partial charge in [0.05, 0.1) is 12.6 Å². The number of aliphatic hydroxyl groups excluding tert-OH is 1. The van der Waals surface area contributed by atoms with Crippen molar-refractivity contribution in [3.63, 3.8) is 0 Å². The zero-order chi connectivity index (χ0) is 26.9. The number of benzene rings is 3. The minimum atomic E-state index is -1.30. The van der Waals surface area contributed by atoms with Gasteiger partial charge in [0.15, 0.2) is 0 Å². The molecular formula is C26H26Cl2N4O5. The van der Waals surface area contributed by atoms with Crippen LogP contribution in [-0.2, 0) is 16.1 Å². The smallest absolute Gasteiger partial charge is 0.268 e. The van der Waals surface area contributed by atoms with Crippen molar-refractivity contribution >= 4 is 46.6 Å². The van der Waals surface area contributed by atoms with Crippen LogP contribution in [0.25, 0.3) is 11.1 Å². The van der Waals surface area contributed by atoms with Crippen LogP contribution in [0, 0.1) is 0 Å². The van der Waals surface area contributed by atoms with E-state index in [0.717, 1.165) is 16.7 Å². The number of hydroxylamine groups is 1. The fourth-order valence-corrected chi connectivity index (χ4v) is 3.92. The van der Waals surface area contributed by atoms with Crippen LogP contribution in [0.2, 0.25) is 10.0 Å². The molecular weight excluding hydrogens is 519 g/mol. The standard InChI is InChI=1S/C26H26Cl2N4O5/c1-15(33)24(26(36)32-37)31-25(35)18-4-2-16(3-5-18)17-7-10-21(11-8-17)30-23(34)14-29-13-19-6-9-20(27)12-22(19)28/h2-12,15,24,29,33,37H,13-14H2,1H3,(H,30,34)(H,31,35)(H,32,36)/t15-,24+/m1/s1. The molecule has 0 aliphatic heterocycles. The van der Waals surface area contributed by atoms with Gasteiger partial charge in [-0.15, -0.1) is 0 Å². The molecule has 3 rings (SSSR count). The molecule has 0 fully saturated rings. The second kappa shape index (κ2) is 13.2. The van der Waals surface area contributed by atoms with Crippen molar-refractivity contribution < 1.29 is 24.7 Å². The summed E-state index contributed by atoms with van der Waals surface area (Å²) in [7, 11) is 0. The Hall–Kier alpha value is -3.47. The van der Waals surface area contributed by atoms with Gasteiger partial charge in [0.25, 0.3) is 11.8 Å². The van der Waals surface area contributed by atoms with Gasteiger partial charge < -0.3 is 21.1 Å². The first-order chi connectivity index (χ1) is 17.7. The molecule has 3 aromatic rings.